The third kappa shape index (κ3) is 7.67. The van der Waals surface area contributed by atoms with Gasteiger partial charge in [0.2, 0.25) is 0 Å². The van der Waals surface area contributed by atoms with E-state index >= 15 is 0 Å². The first-order chi connectivity index (χ1) is 20.0. The number of hydrogen-bond donors (Lipinski definition) is 0. The fourth-order valence-corrected chi connectivity index (χ4v) is 10.2. The van der Waals surface area contributed by atoms with Crippen LogP contribution in [0.25, 0.3) is 39.1 Å². The zero-order chi connectivity index (χ0) is 29.6. The second-order valence-corrected chi connectivity index (χ2v) is 25.5. The van der Waals surface area contributed by atoms with Crippen LogP contribution in [0.4, 0.5) is 0 Å². The molecule has 0 heterocycles. The largest absolute Gasteiger partial charge is 4.00 e. The third-order valence-corrected chi connectivity index (χ3v) is 14.3. The van der Waals surface area contributed by atoms with Crippen molar-refractivity contribution in [3.05, 3.63) is 135 Å². The van der Waals surface area contributed by atoms with E-state index in [9.17, 15) is 0 Å². The van der Waals surface area contributed by atoms with Gasteiger partial charge in [0.1, 0.15) is 0 Å². The molecule has 0 nitrogen and oxygen atoms in total. The minimum Gasteiger partial charge on any atom is -0.358 e. The molecule has 0 spiro atoms. The van der Waals surface area contributed by atoms with E-state index in [0.717, 1.165) is 12.8 Å². The Labute approximate surface area is 297 Å². The summed E-state index contributed by atoms with van der Waals surface area (Å²) < 4.78 is 0. The quantitative estimate of drug-likeness (QED) is 0.108. The zero-order valence-electron chi connectivity index (χ0n) is 28.5. The molecule has 0 aromatic heterocycles. The third-order valence-electron chi connectivity index (χ3n) is 8.85. The molecule has 0 aliphatic heterocycles. The molecule has 0 saturated carbocycles. The van der Waals surface area contributed by atoms with Crippen LogP contribution in [-0.4, -0.2) is 25.7 Å². The topological polar surface area (TPSA) is 0 Å². The van der Waals surface area contributed by atoms with Gasteiger partial charge in [0.15, 0.2) is 0 Å². The van der Waals surface area contributed by atoms with Gasteiger partial charge >= 0.3 is 25.8 Å². The van der Waals surface area contributed by atoms with Crippen LogP contribution in [0.5, 0.6) is 0 Å². The number of allylic oxidation sites excluding steroid dienone is 1. The summed E-state index contributed by atoms with van der Waals surface area (Å²) in [5.74, 6) is 0.448. The Bertz CT molecular complexity index is 1760. The van der Waals surface area contributed by atoms with Crippen molar-refractivity contribution in [2.24, 2.45) is 0 Å². The molecule has 1 unspecified atom stereocenters. The van der Waals surface area contributed by atoms with E-state index in [1.807, 2.05) is 0 Å². The first-order valence-electron chi connectivity index (χ1n) is 15.3. The smallest absolute Gasteiger partial charge is 0.358 e. The van der Waals surface area contributed by atoms with Crippen molar-refractivity contribution in [2.75, 3.05) is 0 Å². The predicted octanol–water partition coefficient (Wildman–Crippen LogP) is 9.96. The summed E-state index contributed by atoms with van der Waals surface area (Å²) in [5.41, 5.74) is 8.24. The molecule has 0 saturated heterocycles. The maximum absolute atomic E-state index is 4.26. The summed E-state index contributed by atoms with van der Waals surface area (Å²) in [5, 5.41) is 8.73. The van der Waals surface area contributed by atoms with E-state index in [2.05, 4.69) is 149 Å². The first-order valence-corrected chi connectivity index (χ1v) is 23.3. The Hall–Kier alpha value is -2.25. The Morgan fingerprint density at radius 2 is 1.24 bits per heavy atom. The van der Waals surface area contributed by atoms with Gasteiger partial charge in [-0.2, -0.15) is 12.5 Å². The Morgan fingerprint density at radius 1 is 0.711 bits per heavy atom. The second kappa shape index (κ2) is 14.7. The van der Waals surface area contributed by atoms with Crippen molar-refractivity contribution in [1.29, 1.82) is 0 Å². The van der Waals surface area contributed by atoms with Crippen LogP contribution >= 0.6 is 0 Å². The molecule has 2 radical (unpaired) electrons. The van der Waals surface area contributed by atoms with E-state index in [0.29, 0.717) is 15.4 Å². The second-order valence-electron chi connectivity index (χ2n) is 13.9. The van der Waals surface area contributed by atoms with Crippen molar-refractivity contribution in [1.82, 2.24) is 0 Å². The number of fused-ring (bicyclic) bond motifs is 2. The molecule has 0 fully saturated rings. The summed E-state index contributed by atoms with van der Waals surface area (Å²) >= 11 is 0. The maximum Gasteiger partial charge on any atom is 4.00 e. The molecule has 1 aliphatic rings. The van der Waals surface area contributed by atoms with Crippen LogP contribution in [0.1, 0.15) is 29.9 Å². The van der Waals surface area contributed by atoms with Gasteiger partial charge in [-0.05, 0) is 33.7 Å². The molecule has 1 aliphatic carbocycles. The van der Waals surface area contributed by atoms with E-state index < -0.39 is 16.1 Å². The zero-order valence-corrected chi connectivity index (χ0v) is 35.1. The van der Waals surface area contributed by atoms with Gasteiger partial charge in [-0.25, -0.2) is 0 Å². The van der Waals surface area contributed by atoms with Crippen molar-refractivity contribution >= 4 is 58.1 Å². The number of rotatable bonds is 8. The molecule has 228 valence electrons. The number of hydrogen-bond acceptors (Lipinski definition) is 0. The molecule has 0 bridgehead atoms. The van der Waals surface area contributed by atoms with Crippen molar-refractivity contribution in [2.45, 2.75) is 58.0 Å². The first kappa shape index (κ1) is 37.2. The molecule has 4 heteroatoms. The Kier molecular flexibility index (Phi) is 12.1. The summed E-state index contributed by atoms with van der Waals surface area (Å²) in [6, 6.07) is 37.4. The SMILES string of the molecule is [CH2-]CCC1C([Si]c2cc3c(-c4ccc([Si](C)(C)C)cc4)cccc3[cH-]2)=Cc2c(-c3ccc([Si](C)(C)C)cc3)cccc21.[CH3-].[CH3-].[Hf+4]. The molecule has 5 aromatic carbocycles. The van der Waals surface area contributed by atoms with E-state index in [4.69, 9.17) is 0 Å². The number of benzene rings is 4. The van der Waals surface area contributed by atoms with Gasteiger partial charge in [-0.1, -0.05) is 146 Å². The van der Waals surface area contributed by atoms with Crippen molar-refractivity contribution in [3.63, 3.8) is 0 Å². The van der Waals surface area contributed by atoms with Gasteiger partial charge in [0, 0.05) is 0 Å². The Balaban J connectivity index is 0.00000184. The summed E-state index contributed by atoms with van der Waals surface area (Å²) in [6.07, 6.45) is 4.56. The molecule has 0 amide bonds. The van der Waals surface area contributed by atoms with Crippen LogP contribution in [0.2, 0.25) is 39.3 Å². The van der Waals surface area contributed by atoms with Crippen LogP contribution < -0.4 is 15.6 Å². The van der Waals surface area contributed by atoms with E-state index in [1.54, 1.807) is 5.20 Å². The summed E-state index contributed by atoms with van der Waals surface area (Å²) in [6.45, 7) is 18.8. The van der Waals surface area contributed by atoms with Gasteiger partial charge in [-0.15, -0.1) is 34.2 Å². The van der Waals surface area contributed by atoms with Gasteiger partial charge < -0.3 is 21.8 Å². The summed E-state index contributed by atoms with van der Waals surface area (Å²) in [4.78, 5) is 0. The minimum atomic E-state index is -1.32. The van der Waals surface area contributed by atoms with E-state index in [1.165, 1.54) is 59.7 Å². The average Bonchev–Trinajstić information content (AvgIpc) is 3.53. The Morgan fingerprint density at radius 3 is 1.80 bits per heavy atom. The maximum atomic E-state index is 4.26. The monoisotopic (exact) mass is 804 g/mol. The molecule has 6 rings (SSSR count). The molecular formula is C41H48HfSi3. The standard InChI is InChI=1S/C39H42Si3.2CH3.Hf/c1-8-11-36-35-15-10-14-34(28-18-22-32(23-19-28)42(5,6)7)38(35)26-39(36)40-30-24-29-12-9-13-33(37(29)25-30)27-16-20-31(21-17-27)41(2,3)4;;;/h9-10,12-26,36H,1,8,11H2,2-7H3;2*1H3;/q-2;2*-1;+4. The average molecular weight is 804 g/mol. The molecule has 1 atom stereocenters. The van der Waals surface area contributed by atoms with Gasteiger partial charge in [-0.3, -0.25) is 0 Å². The van der Waals surface area contributed by atoms with Crippen LogP contribution in [0, 0.1) is 21.8 Å². The fraction of sp³-hybridized carbons (Fsp3) is 0.220. The van der Waals surface area contributed by atoms with Crippen LogP contribution in [0.15, 0.2) is 102 Å². The molecule has 0 N–H and O–H groups in total. The molecule has 5 aromatic rings. The van der Waals surface area contributed by atoms with Crippen LogP contribution in [-0.2, 0) is 25.8 Å². The molecular weight excluding hydrogens is 755 g/mol. The minimum absolute atomic E-state index is 0. The van der Waals surface area contributed by atoms with Crippen molar-refractivity contribution in [3.8, 4) is 22.3 Å². The normalized spacial score (nSPS) is 14.2. The van der Waals surface area contributed by atoms with Gasteiger partial charge in [0.25, 0.3) is 0 Å². The van der Waals surface area contributed by atoms with Gasteiger partial charge in [0.05, 0.1) is 25.7 Å². The fourth-order valence-electron chi connectivity index (χ4n) is 6.39. The summed E-state index contributed by atoms with van der Waals surface area (Å²) in [7, 11) is -1.97. The predicted molar refractivity (Wildman–Crippen MR) is 206 cm³/mol. The van der Waals surface area contributed by atoms with Crippen LogP contribution in [0.3, 0.4) is 0 Å². The van der Waals surface area contributed by atoms with E-state index in [-0.39, 0.29) is 40.7 Å². The van der Waals surface area contributed by atoms with Crippen molar-refractivity contribution < 1.29 is 25.8 Å². The molecule has 45 heavy (non-hydrogen) atoms.